The molecule has 1 unspecified atom stereocenters. The molecule has 1 fully saturated rings. The lowest BCUT2D eigenvalue weighted by Gasteiger charge is -2.15. The van der Waals surface area contributed by atoms with E-state index in [2.05, 4.69) is 9.71 Å². The lowest BCUT2D eigenvalue weighted by atomic mass is 10.2. The van der Waals surface area contributed by atoms with E-state index in [0.29, 0.717) is 22.8 Å². The number of para-hydroxylation sites is 2. The van der Waals surface area contributed by atoms with Gasteiger partial charge in [-0.3, -0.25) is 14.3 Å². The first-order chi connectivity index (χ1) is 18.9. The van der Waals surface area contributed by atoms with E-state index >= 15 is 0 Å². The lowest BCUT2D eigenvalue weighted by Crippen LogP contribution is -2.31. The third-order valence-corrected chi connectivity index (χ3v) is 8.80. The molecule has 2 amide bonds. The summed E-state index contributed by atoms with van der Waals surface area (Å²) in [6.07, 6.45) is 0.0682. The van der Waals surface area contributed by atoms with E-state index in [1.165, 1.54) is 28.8 Å². The molecule has 1 atom stereocenters. The van der Waals surface area contributed by atoms with E-state index in [4.69, 9.17) is 4.42 Å². The molecular formula is C29H21N3O5S2. The molecule has 0 saturated carbocycles. The largest absolute Gasteiger partial charge is 0.436 e. The molecule has 194 valence electrons. The Morgan fingerprint density at radius 3 is 2.26 bits per heavy atom. The fourth-order valence-corrected chi connectivity index (χ4v) is 6.43. The molecule has 8 nitrogen and oxygen atoms in total. The lowest BCUT2D eigenvalue weighted by molar-refractivity contribution is -0.121. The zero-order valence-corrected chi connectivity index (χ0v) is 22.0. The monoisotopic (exact) mass is 555 g/mol. The molecule has 2 heterocycles. The second-order valence-corrected chi connectivity index (χ2v) is 11.8. The highest BCUT2D eigenvalue weighted by atomic mass is 32.2. The van der Waals surface area contributed by atoms with Gasteiger partial charge in [-0.15, -0.1) is 11.8 Å². The van der Waals surface area contributed by atoms with Gasteiger partial charge in [0.25, 0.3) is 10.0 Å². The van der Waals surface area contributed by atoms with E-state index in [1.54, 1.807) is 66.7 Å². The summed E-state index contributed by atoms with van der Waals surface area (Å²) in [5, 5.41) is -0.582. The van der Waals surface area contributed by atoms with Crippen molar-refractivity contribution in [1.29, 1.82) is 0 Å². The number of nitrogens with one attached hydrogen (secondary N) is 1. The Balaban J connectivity index is 1.13. The quantitative estimate of drug-likeness (QED) is 0.256. The van der Waals surface area contributed by atoms with Crippen LogP contribution in [0.4, 0.5) is 11.4 Å². The minimum absolute atomic E-state index is 0.0682. The van der Waals surface area contributed by atoms with Crippen molar-refractivity contribution >= 4 is 56.1 Å². The molecule has 5 aromatic rings. The standard InChI is InChI=1S/C29H21N3O5S2/c33-27-18-26(38-22-16-12-20(13-17-22)31-39(35,36)23-6-2-1-3-7-23)29(34)32(27)21-14-10-19(11-15-21)28-30-24-8-4-5-9-25(24)37-28/h1-17,26,31H,18H2. The summed E-state index contributed by atoms with van der Waals surface area (Å²) in [5.74, 6) is -0.113. The minimum atomic E-state index is -3.70. The summed E-state index contributed by atoms with van der Waals surface area (Å²) in [5.41, 5.74) is 3.06. The first kappa shape index (κ1) is 24.9. The molecule has 0 radical (unpaired) electrons. The maximum absolute atomic E-state index is 13.2. The van der Waals surface area contributed by atoms with Gasteiger partial charge in [0, 0.05) is 22.6 Å². The van der Waals surface area contributed by atoms with Crippen molar-refractivity contribution in [2.24, 2.45) is 0 Å². The van der Waals surface area contributed by atoms with Crippen molar-refractivity contribution in [3.63, 3.8) is 0 Å². The number of hydrogen-bond donors (Lipinski definition) is 1. The van der Waals surface area contributed by atoms with Gasteiger partial charge in [0.2, 0.25) is 17.7 Å². The summed E-state index contributed by atoms with van der Waals surface area (Å²) in [4.78, 5) is 32.6. The Morgan fingerprint density at radius 1 is 0.846 bits per heavy atom. The van der Waals surface area contributed by atoms with Gasteiger partial charge in [0.05, 0.1) is 15.8 Å². The zero-order chi connectivity index (χ0) is 27.0. The molecule has 1 N–H and O–H groups in total. The smallest absolute Gasteiger partial charge is 0.261 e. The first-order valence-corrected chi connectivity index (χ1v) is 14.4. The SMILES string of the molecule is O=C1CC(Sc2ccc(NS(=O)(=O)c3ccccc3)cc2)C(=O)N1c1ccc(-c2nc3ccccc3o2)cc1. The minimum Gasteiger partial charge on any atom is -0.436 e. The Hall–Kier alpha value is -4.41. The number of anilines is 2. The number of carbonyl (C=O) groups excluding carboxylic acids is 2. The summed E-state index contributed by atoms with van der Waals surface area (Å²) >= 11 is 1.27. The van der Waals surface area contributed by atoms with Crippen LogP contribution in [0.3, 0.4) is 0 Å². The average molecular weight is 556 g/mol. The Kier molecular flexibility index (Phi) is 6.41. The van der Waals surface area contributed by atoms with Crippen molar-refractivity contribution in [1.82, 2.24) is 4.98 Å². The maximum Gasteiger partial charge on any atom is 0.261 e. The summed E-state index contributed by atoms with van der Waals surface area (Å²) in [7, 11) is -3.70. The van der Waals surface area contributed by atoms with Gasteiger partial charge >= 0.3 is 0 Å². The first-order valence-electron chi connectivity index (χ1n) is 12.0. The van der Waals surface area contributed by atoms with Crippen molar-refractivity contribution < 1.29 is 22.4 Å². The van der Waals surface area contributed by atoms with E-state index < -0.39 is 15.3 Å². The van der Waals surface area contributed by atoms with Crippen LogP contribution >= 0.6 is 11.8 Å². The molecule has 10 heteroatoms. The predicted molar refractivity (Wildman–Crippen MR) is 150 cm³/mol. The van der Waals surface area contributed by atoms with Gasteiger partial charge in [-0.25, -0.2) is 18.3 Å². The second kappa shape index (κ2) is 10.0. The molecule has 0 aliphatic carbocycles. The van der Waals surface area contributed by atoms with Crippen LogP contribution in [-0.4, -0.2) is 30.5 Å². The van der Waals surface area contributed by atoms with Crippen LogP contribution in [0.5, 0.6) is 0 Å². The summed E-state index contributed by atoms with van der Waals surface area (Å²) in [6, 6.07) is 29.3. The Morgan fingerprint density at radius 2 is 1.54 bits per heavy atom. The molecule has 6 rings (SSSR count). The second-order valence-electron chi connectivity index (χ2n) is 8.85. The zero-order valence-electron chi connectivity index (χ0n) is 20.4. The molecule has 1 aliphatic rings. The molecule has 1 aromatic heterocycles. The van der Waals surface area contributed by atoms with Gasteiger partial charge in [-0.05, 0) is 72.8 Å². The summed E-state index contributed by atoms with van der Waals surface area (Å²) < 4.78 is 33.4. The number of hydrogen-bond acceptors (Lipinski definition) is 7. The normalized spacial score (nSPS) is 15.7. The molecule has 1 aliphatic heterocycles. The van der Waals surface area contributed by atoms with E-state index in [-0.39, 0.29) is 23.1 Å². The van der Waals surface area contributed by atoms with Crippen LogP contribution in [0.2, 0.25) is 0 Å². The molecular weight excluding hydrogens is 534 g/mol. The molecule has 1 saturated heterocycles. The van der Waals surface area contributed by atoms with Crippen LogP contribution in [0.15, 0.2) is 117 Å². The van der Waals surface area contributed by atoms with E-state index in [9.17, 15) is 18.0 Å². The average Bonchev–Trinajstić information content (AvgIpc) is 3.50. The molecule has 0 bridgehead atoms. The van der Waals surface area contributed by atoms with Crippen LogP contribution in [0.1, 0.15) is 6.42 Å². The number of oxazole rings is 1. The fraction of sp³-hybridized carbons (Fsp3) is 0.0690. The van der Waals surface area contributed by atoms with Gasteiger partial charge < -0.3 is 4.42 Å². The number of amides is 2. The highest BCUT2D eigenvalue weighted by molar-refractivity contribution is 8.00. The molecule has 0 spiro atoms. The van der Waals surface area contributed by atoms with Gasteiger partial charge in [0.15, 0.2) is 5.58 Å². The third kappa shape index (κ3) is 5.04. The number of imide groups is 1. The molecule has 39 heavy (non-hydrogen) atoms. The van der Waals surface area contributed by atoms with Crippen LogP contribution in [0.25, 0.3) is 22.6 Å². The number of carbonyl (C=O) groups is 2. The van der Waals surface area contributed by atoms with Crippen LogP contribution in [0, 0.1) is 0 Å². The number of benzene rings is 4. The number of thioether (sulfide) groups is 1. The summed E-state index contributed by atoms with van der Waals surface area (Å²) in [6.45, 7) is 0. The van der Waals surface area contributed by atoms with Crippen molar-refractivity contribution in [2.75, 3.05) is 9.62 Å². The predicted octanol–water partition coefficient (Wildman–Crippen LogP) is 5.72. The number of sulfonamides is 1. The number of fused-ring (bicyclic) bond motifs is 1. The number of nitrogens with zero attached hydrogens (tertiary/aromatic N) is 2. The van der Waals surface area contributed by atoms with Gasteiger partial charge in [-0.2, -0.15) is 0 Å². The van der Waals surface area contributed by atoms with Crippen LogP contribution in [-0.2, 0) is 19.6 Å². The van der Waals surface area contributed by atoms with Crippen molar-refractivity contribution in [3.8, 4) is 11.5 Å². The maximum atomic E-state index is 13.2. The highest BCUT2D eigenvalue weighted by Crippen LogP contribution is 2.35. The Labute approximate surface area is 228 Å². The molecule has 4 aromatic carbocycles. The van der Waals surface area contributed by atoms with Crippen LogP contribution < -0.4 is 9.62 Å². The van der Waals surface area contributed by atoms with E-state index in [1.807, 2.05) is 24.3 Å². The fourth-order valence-electron chi connectivity index (χ4n) is 4.30. The topological polar surface area (TPSA) is 110 Å². The van der Waals surface area contributed by atoms with Gasteiger partial charge in [-0.1, -0.05) is 30.3 Å². The van der Waals surface area contributed by atoms with Gasteiger partial charge in [0.1, 0.15) is 5.52 Å². The van der Waals surface area contributed by atoms with Crippen molar-refractivity contribution in [3.05, 3.63) is 103 Å². The highest BCUT2D eigenvalue weighted by Gasteiger charge is 2.40. The third-order valence-electron chi connectivity index (χ3n) is 6.21. The number of aromatic nitrogens is 1. The number of rotatable bonds is 7. The van der Waals surface area contributed by atoms with E-state index in [0.717, 1.165) is 16.0 Å². The Bertz CT molecular complexity index is 1750. The van der Waals surface area contributed by atoms with Crippen molar-refractivity contribution in [2.45, 2.75) is 21.5 Å².